The summed E-state index contributed by atoms with van der Waals surface area (Å²) in [6.07, 6.45) is 0. The van der Waals surface area contributed by atoms with Gasteiger partial charge in [0, 0.05) is 5.69 Å². The molecule has 0 bridgehead atoms. The van der Waals surface area contributed by atoms with E-state index >= 15 is 0 Å². The monoisotopic (exact) mass is 378 g/mol. The van der Waals surface area contributed by atoms with Crippen molar-refractivity contribution in [3.63, 3.8) is 0 Å². The van der Waals surface area contributed by atoms with Crippen molar-refractivity contribution in [2.24, 2.45) is 0 Å². The Hall–Kier alpha value is -1.75. The first-order valence-corrected chi connectivity index (χ1v) is 9.18. The molecule has 1 aliphatic rings. The molecule has 1 heterocycles. The molecule has 3 rings (SSSR count). The first-order valence-electron chi connectivity index (χ1n) is 8.42. The highest BCUT2D eigenvalue weighted by Gasteiger charge is 2.23. The highest BCUT2D eigenvalue weighted by molar-refractivity contribution is 6.40. The summed E-state index contributed by atoms with van der Waals surface area (Å²) in [6.45, 7) is 6.05. The van der Waals surface area contributed by atoms with Gasteiger partial charge in [0.2, 0.25) is 0 Å². The molecule has 132 valence electrons. The van der Waals surface area contributed by atoms with E-state index in [-0.39, 0.29) is 5.91 Å². The molecule has 0 spiro atoms. The lowest BCUT2D eigenvalue weighted by atomic mass is 10.2. The summed E-state index contributed by atoms with van der Waals surface area (Å²) in [6, 6.07) is 14.0. The van der Waals surface area contributed by atoms with E-state index in [1.54, 1.807) is 6.07 Å². The number of rotatable bonds is 4. The Balaban J connectivity index is 1.54. The van der Waals surface area contributed by atoms with Crippen LogP contribution in [0.25, 0.3) is 0 Å². The van der Waals surface area contributed by atoms with Gasteiger partial charge in [-0.25, -0.2) is 0 Å². The number of nitrogens with one attached hydrogen (secondary N) is 2. The molecule has 2 N–H and O–H groups in total. The quantitative estimate of drug-likeness (QED) is 0.857. The zero-order valence-electron chi connectivity index (χ0n) is 14.2. The van der Waals surface area contributed by atoms with Crippen LogP contribution in [0.1, 0.15) is 5.56 Å². The van der Waals surface area contributed by atoms with Crippen LogP contribution in [0.5, 0.6) is 0 Å². The Kier molecular flexibility index (Phi) is 5.84. The van der Waals surface area contributed by atoms with Crippen LogP contribution in [0.15, 0.2) is 42.5 Å². The van der Waals surface area contributed by atoms with Crippen LogP contribution in [-0.2, 0) is 4.79 Å². The van der Waals surface area contributed by atoms with Crippen LogP contribution in [-0.4, -0.2) is 38.6 Å². The number of halogens is 2. The predicted molar refractivity (Wildman–Crippen MR) is 104 cm³/mol. The van der Waals surface area contributed by atoms with Crippen molar-refractivity contribution < 1.29 is 9.69 Å². The zero-order valence-corrected chi connectivity index (χ0v) is 15.7. The fourth-order valence-electron chi connectivity index (χ4n) is 3.08. The van der Waals surface area contributed by atoms with E-state index in [0.29, 0.717) is 22.3 Å². The Morgan fingerprint density at radius 1 is 1.12 bits per heavy atom. The largest absolute Gasteiger partial charge is 0.360 e. The van der Waals surface area contributed by atoms with Crippen molar-refractivity contribution in [3.05, 3.63) is 58.1 Å². The molecule has 0 unspecified atom stereocenters. The highest BCUT2D eigenvalue weighted by Crippen LogP contribution is 2.32. The Morgan fingerprint density at radius 3 is 2.48 bits per heavy atom. The van der Waals surface area contributed by atoms with E-state index in [2.05, 4.69) is 34.5 Å². The molecule has 1 aliphatic heterocycles. The molecule has 0 aromatic heterocycles. The minimum Gasteiger partial charge on any atom is -0.360 e. The maximum Gasteiger partial charge on any atom is 0.279 e. The minimum absolute atomic E-state index is 0.0578. The molecule has 0 atom stereocenters. The number of piperazine rings is 1. The Bertz CT molecular complexity index is 744. The third kappa shape index (κ3) is 4.46. The first kappa shape index (κ1) is 18.1. The molecule has 0 radical (unpaired) electrons. The summed E-state index contributed by atoms with van der Waals surface area (Å²) in [5, 5.41) is 3.84. The van der Waals surface area contributed by atoms with Gasteiger partial charge in [-0.2, -0.15) is 0 Å². The first-order chi connectivity index (χ1) is 12.0. The van der Waals surface area contributed by atoms with Gasteiger partial charge in [-0.15, -0.1) is 0 Å². The fraction of sp³-hybridized carbons (Fsp3) is 0.316. The van der Waals surface area contributed by atoms with Crippen LogP contribution < -0.4 is 15.1 Å². The summed E-state index contributed by atoms with van der Waals surface area (Å²) in [4.78, 5) is 16.0. The van der Waals surface area contributed by atoms with Gasteiger partial charge in [-0.1, -0.05) is 47.5 Å². The average molecular weight is 379 g/mol. The number of amides is 1. The minimum atomic E-state index is -0.0578. The lowest BCUT2D eigenvalue weighted by molar-refractivity contribution is -0.892. The summed E-state index contributed by atoms with van der Waals surface area (Å²) >= 11 is 12.4. The number of carbonyl (C=O) groups excluding carboxylic acids is 1. The summed E-state index contributed by atoms with van der Waals surface area (Å²) in [5.41, 5.74) is 2.64. The Morgan fingerprint density at radius 2 is 1.80 bits per heavy atom. The molecule has 0 aliphatic carbocycles. The maximum absolute atomic E-state index is 12.4. The normalized spacial score (nSPS) is 15.2. The van der Waals surface area contributed by atoms with E-state index in [4.69, 9.17) is 23.2 Å². The molecule has 2 aromatic carbocycles. The number of quaternary nitrogens is 1. The SMILES string of the molecule is Cc1ccc(Cl)c(NC(=O)C[NH+]2CCN(c3ccccc3)CC2)c1Cl. The molecule has 1 fully saturated rings. The lowest BCUT2D eigenvalue weighted by Gasteiger charge is -2.33. The fourth-order valence-corrected chi connectivity index (χ4v) is 3.54. The molecule has 0 saturated carbocycles. The number of benzene rings is 2. The van der Waals surface area contributed by atoms with Crippen molar-refractivity contribution in [3.8, 4) is 0 Å². The smallest absolute Gasteiger partial charge is 0.279 e. The van der Waals surface area contributed by atoms with Crippen molar-refractivity contribution in [2.75, 3.05) is 42.9 Å². The second-order valence-corrected chi connectivity index (χ2v) is 7.14. The van der Waals surface area contributed by atoms with Crippen molar-refractivity contribution >= 4 is 40.5 Å². The average Bonchev–Trinajstić information content (AvgIpc) is 2.63. The molecule has 6 heteroatoms. The van der Waals surface area contributed by atoms with Gasteiger partial charge in [0.1, 0.15) is 0 Å². The second kappa shape index (κ2) is 8.09. The van der Waals surface area contributed by atoms with Gasteiger partial charge >= 0.3 is 0 Å². The lowest BCUT2D eigenvalue weighted by Crippen LogP contribution is -3.15. The summed E-state index contributed by atoms with van der Waals surface area (Å²) in [7, 11) is 0. The predicted octanol–water partition coefficient (Wildman–Crippen LogP) is 2.65. The van der Waals surface area contributed by atoms with Crippen LogP contribution in [0.2, 0.25) is 10.0 Å². The number of anilines is 2. The molecule has 1 saturated heterocycles. The van der Waals surface area contributed by atoms with E-state index < -0.39 is 0 Å². The number of nitrogens with zero attached hydrogens (tertiary/aromatic N) is 1. The summed E-state index contributed by atoms with van der Waals surface area (Å²) in [5.74, 6) is -0.0578. The molecule has 2 aromatic rings. The van der Waals surface area contributed by atoms with E-state index in [0.717, 1.165) is 31.7 Å². The topological polar surface area (TPSA) is 36.8 Å². The number of para-hydroxylation sites is 1. The van der Waals surface area contributed by atoms with Crippen molar-refractivity contribution in [1.29, 1.82) is 0 Å². The molecule has 4 nitrogen and oxygen atoms in total. The number of aryl methyl sites for hydroxylation is 1. The van der Waals surface area contributed by atoms with Gasteiger partial charge in [0.05, 0.1) is 41.9 Å². The van der Waals surface area contributed by atoms with E-state index in [1.807, 2.05) is 19.1 Å². The number of hydrogen-bond acceptors (Lipinski definition) is 2. The number of hydrogen-bond donors (Lipinski definition) is 2. The standard InChI is InChI=1S/C19H21Cl2N3O/c1-14-7-8-16(20)19(18(14)21)22-17(25)13-23-9-11-24(12-10-23)15-5-3-2-4-6-15/h2-8H,9-13H2,1H3,(H,22,25)/p+1. The van der Waals surface area contributed by atoms with Gasteiger partial charge in [0.15, 0.2) is 6.54 Å². The van der Waals surface area contributed by atoms with Crippen LogP contribution in [0.4, 0.5) is 11.4 Å². The second-order valence-electron chi connectivity index (χ2n) is 6.35. The van der Waals surface area contributed by atoms with Crippen LogP contribution in [0.3, 0.4) is 0 Å². The molecular weight excluding hydrogens is 357 g/mol. The van der Waals surface area contributed by atoms with Gasteiger partial charge < -0.3 is 15.1 Å². The number of carbonyl (C=O) groups is 1. The molecular formula is C19H22Cl2N3O+. The van der Waals surface area contributed by atoms with Crippen LogP contribution >= 0.6 is 23.2 Å². The third-order valence-corrected chi connectivity index (χ3v) is 5.35. The summed E-state index contributed by atoms with van der Waals surface area (Å²) < 4.78 is 0. The third-order valence-electron chi connectivity index (χ3n) is 4.55. The maximum atomic E-state index is 12.4. The van der Waals surface area contributed by atoms with E-state index in [1.165, 1.54) is 10.6 Å². The Labute approximate surface area is 158 Å². The van der Waals surface area contributed by atoms with Gasteiger partial charge in [0.25, 0.3) is 5.91 Å². The zero-order chi connectivity index (χ0) is 17.8. The molecule has 25 heavy (non-hydrogen) atoms. The van der Waals surface area contributed by atoms with Crippen molar-refractivity contribution in [1.82, 2.24) is 0 Å². The van der Waals surface area contributed by atoms with E-state index in [9.17, 15) is 4.79 Å². The van der Waals surface area contributed by atoms with Gasteiger partial charge in [-0.3, -0.25) is 4.79 Å². The van der Waals surface area contributed by atoms with Crippen molar-refractivity contribution in [2.45, 2.75) is 6.92 Å². The highest BCUT2D eigenvalue weighted by atomic mass is 35.5. The molecule has 1 amide bonds. The van der Waals surface area contributed by atoms with Gasteiger partial charge in [-0.05, 0) is 30.7 Å². The van der Waals surface area contributed by atoms with Crippen LogP contribution in [0, 0.1) is 6.92 Å².